The van der Waals surface area contributed by atoms with Crippen LogP contribution < -0.4 is 11.1 Å². The van der Waals surface area contributed by atoms with Gasteiger partial charge in [0.25, 0.3) is 0 Å². The minimum absolute atomic E-state index is 0.0427. The molecular formula is C12H24N2O3. The van der Waals surface area contributed by atoms with Crippen molar-refractivity contribution in [1.82, 2.24) is 5.32 Å². The van der Waals surface area contributed by atoms with Crippen LogP contribution in [0.1, 0.15) is 46.5 Å². The molecule has 0 bridgehead atoms. The first-order valence-corrected chi connectivity index (χ1v) is 6.10. The van der Waals surface area contributed by atoms with Crippen LogP contribution in [0.4, 0.5) is 0 Å². The monoisotopic (exact) mass is 244 g/mol. The van der Waals surface area contributed by atoms with E-state index in [4.69, 9.17) is 10.8 Å². The fourth-order valence-electron chi connectivity index (χ4n) is 1.54. The summed E-state index contributed by atoms with van der Waals surface area (Å²) in [4.78, 5) is 21.9. The third-order valence-corrected chi connectivity index (χ3v) is 2.54. The molecule has 0 spiro atoms. The van der Waals surface area contributed by atoms with Crippen LogP contribution in [-0.4, -0.2) is 29.1 Å². The molecule has 1 amide bonds. The molecule has 2 atom stereocenters. The Morgan fingerprint density at radius 1 is 1.24 bits per heavy atom. The van der Waals surface area contributed by atoms with Gasteiger partial charge in [0.15, 0.2) is 0 Å². The van der Waals surface area contributed by atoms with Crippen molar-refractivity contribution < 1.29 is 14.7 Å². The summed E-state index contributed by atoms with van der Waals surface area (Å²) in [6, 6.07) is -0.916. The van der Waals surface area contributed by atoms with Gasteiger partial charge >= 0.3 is 5.97 Å². The summed E-state index contributed by atoms with van der Waals surface area (Å²) in [5.41, 5.74) is 5.45. The van der Waals surface area contributed by atoms with E-state index < -0.39 is 12.0 Å². The second-order valence-electron chi connectivity index (χ2n) is 4.94. The average molecular weight is 244 g/mol. The highest BCUT2D eigenvalue weighted by Crippen LogP contribution is 2.08. The molecule has 0 heterocycles. The Bertz CT molecular complexity index is 254. The molecule has 4 N–H and O–H groups in total. The summed E-state index contributed by atoms with van der Waals surface area (Å²) in [7, 11) is 0. The fraction of sp³-hybridized carbons (Fsp3) is 0.833. The van der Waals surface area contributed by atoms with Gasteiger partial charge in [-0.1, -0.05) is 26.7 Å². The number of carbonyl (C=O) groups is 2. The van der Waals surface area contributed by atoms with Gasteiger partial charge in [0.2, 0.25) is 5.91 Å². The topological polar surface area (TPSA) is 92.4 Å². The SMILES string of the molecule is CC(C)CCCC(C)NC(=O)C(N)CC(=O)O. The van der Waals surface area contributed by atoms with Gasteiger partial charge in [-0.15, -0.1) is 0 Å². The zero-order valence-corrected chi connectivity index (χ0v) is 10.9. The molecule has 0 aliphatic heterocycles. The number of nitrogens with one attached hydrogen (secondary N) is 1. The molecule has 0 rings (SSSR count). The van der Waals surface area contributed by atoms with Crippen LogP contribution in [0.25, 0.3) is 0 Å². The first-order valence-electron chi connectivity index (χ1n) is 6.10. The van der Waals surface area contributed by atoms with Crippen LogP contribution >= 0.6 is 0 Å². The molecule has 0 radical (unpaired) electrons. The van der Waals surface area contributed by atoms with Crippen molar-refractivity contribution in [3.05, 3.63) is 0 Å². The molecular weight excluding hydrogens is 220 g/mol. The maximum absolute atomic E-state index is 11.5. The molecule has 0 aliphatic carbocycles. The van der Waals surface area contributed by atoms with E-state index in [0.717, 1.165) is 19.3 Å². The first-order chi connectivity index (χ1) is 7.82. The largest absolute Gasteiger partial charge is 0.481 e. The summed E-state index contributed by atoms with van der Waals surface area (Å²) in [5.74, 6) is -0.781. The lowest BCUT2D eigenvalue weighted by molar-refractivity contribution is -0.139. The number of hydrogen-bond donors (Lipinski definition) is 3. The lowest BCUT2D eigenvalue weighted by atomic mass is 10.0. The van der Waals surface area contributed by atoms with Crippen molar-refractivity contribution in [3.63, 3.8) is 0 Å². The maximum atomic E-state index is 11.5. The Hall–Kier alpha value is -1.10. The van der Waals surface area contributed by atoms with Crippen molar-refractivity contribution in [2.75, 3.05) is 0 Å². The van der Waals surface area contributed by atoms with E-state index in [-0.39, 0.29) is 18.4 Å². The summed E-state index contributed by atoms with van der Waals surface area (Å²) < 4.78 is 0. The van der Waals surface area contributed by atoms with E-state index in [1.807, 2.05) is 6.92 Å². The van der Waals surface area contributed by atoms with Crippen LogP contribution in [-0.2, 0) is 9.59 Å². The highest BCUT2D eigenvalue weighted by molar-refractivity contribution is 5.86. The van der Waals surface area contributed by atoms with Crippen LogP contribution in [0.15, 0.2) is 0 Å². The number of carbonyl (C=O) groups excluding carboxylic acids is 1. The minimum Gasteiger partial charge on any atom is -0.481 e. The molecule has 0 saturated carbocycles. The lowest BCUT2D eigenvalue weighted by Crippen LogP contribution is -2.45. The highest BCUT2D eigenvalue weighted by Gasteiger charge is 2.18. The molecule has 0 aromatic rings. The molecule has 0 aromatic heterocycles. The van der Waals surface area contributed by atoms with Gasteiger partial charge < -0.3 is 16.2 Å². The van der Waals surface area contributed by atoms with E-state index in [1.54, 1.807) is 0 Å². The Morgan fingerprint density at radius 3 is 2.29 bits per heavy atom. The van der Waals surface area contributed by atoms with Crippen molar-refractivity contribution in [3.8, 4) is 0 Å². The molecule has 5 heteroatoms. The van der Waals surface area contributed by atoms with Crippen molar-refractivity contribution in [1.29, 1.82) is 0 Å². The van der Waals surface area contributed by atoms with Crippen LogP contribution in [0, 0.1) is 5.92 Å². The normalized spacial score (nSPS) is 14.4. The molecule has 100 valence electrons. The highest BCUT2D eigenvalue weighted by atomic mass is 16.4. The van der Waals surface area contributed by atoms with E-state index in [1.165, 1.54) is 0 Å². The number of aliphatic carboxylic acids is 1. The number of nitrogens with two attached hydrogens (primary N) is 1. The zero-order valence-electron chi connectivity index (χ0n) is 10.9. The minimum atomic E-state index is -1.06. The fourth-order valence-corrected chi connectivity index (χ4v) is 1.54. The lowest BCUT2D eigenvalue weighted by Gasteiger charge is -2.17. The first kappa shape index (κ1) is 15.9. The zero-order chi connectivity index (χ0) is 13.4. The summed E-state index contributed by atoms with van der Waals surface area (Å²) >= 11 is 0. The molecule has 0 aromatic carbocycles. The number of rotatable bonds is 8. The Balaban J connectivity index is 3.82. The predicted molar refractivity (Wildman–Crippen MR) is 66.5 cm³/mol. The molecule has 17 heavy (non-hydrogen) atoms. The van der Waals surface area contributed by atoms with Gasteiger partial charge in [-0.25, -0.2) is 0 Å². The van der Waals surface area contributed by atoms with Gasteiger partial charge in [0.05, 0.1) is 12.5 Å². The Morgan fingerprint density at radius 2 is 1.82 bits per heavy atom. The molecule has 0 fully saturated rings. The van der Waals surface area contributed by atoms with Gasteiger partial charge in [-0.05, 0) is 19.3 Å². The molecule has 0 aliphatic rings. The summed E-state index contributed by atoms with van der Waals surface area (Å²) in [6.07, 6.45) is 2.74. The maximum Gasteiger partial charge on any atom is 0.305 e. The Labute approximate surface area is 103 Å². The number of carboxylic acids is 1. The average Bonchev–Trinajstić information content (AvgIpc) is 2.15. The van der Waals surface area contributed by atoms with Crippen LogP contribution in [0.5, 0.6) is 0 Å². The summed E-state index contributed by atoms with van der Waals surface area (Å²) in [6.45, 7) is 6.23. The van der Waals surface area contributed by atoms with Crippen LogP contribution in [0.3, 0.4) is 0 Å². The summed E-state index contributed by atoms with van der Waals surface area (Å²) in [5, 5.41) is 11.2. The second-order valence-corrected chi connectivity index (χ2v) is 4.94. The van der Waals surface area contributed by atoms with E-state index in [9.17, 15) is 9.59 Å². The van der Waals surface area contributed by atoms with Crippen molar-refractivity contribution in [2.45, 2.75) is 58.5 Å². The Kier molecular flexibility index (Phi) is 7.54. The van der Waals surface area contributed by atoms with Gasteiger partial charge in [0.1, 0.15) is 0 Å². The van der Waals surface area contributed by atoms with Gasteiger partial charge in [0, 0.05) is 6.04 Å². The smallest absolute Gasteiger partial charge is 0.305 e. The second kappa shape index (κ2) is 8.06. The molecule has 2 unspecified atom stereocenters. The third-order valence-electron chi connectivity index (χ3n) is 2.54. The molecule has 5 nitrogen and oxygen atoms in total. The number of amides is 1. The standard InChI is InChI=1S/C12H24N2O3/c1-8(2)5-4-6-9(3)14-12(17)10(13)7-11(15)16/h8-10H,4-7,13H2,1-3H3,(H,14,17)(H,15,16). The van der Waals surface area contributed by atoms with E-state index >= 15 is 0 Å². The van der Waals surface area contributed by atoms with E-state index in [0.29, 0.717) is 5.92 Å². The van der Waals surface area contributed by atoms with Crippen molar-refractivity contribution >= 4 is 11.9 Å². The van der Waals surface area contributed by atoms with Crippen LogP contribution in [0.2, 0.25) is 0 Å². The van der Waals surface area contributed by atoms with E-state index in [2.05, 4.69) is 19.2 Å². The van der Waals surface area contributed by atoms with Gasteiger partial charge in [-0.2, -0.15) is 0 Å². The number of hydrogen-bond acceptors (Lipinski definition) is 3. The number of carboxylic acid groups (broad SMARTS) is 1. The third kappa shape index (κ3) is 8.68. The van der Waals surface area contributed by atoms with Gasteiger partial charge in [-0.3, -0.25) is 9.59 Å². The predicted octanol–water partition coefficient (Wildman–Crippen LogP) is 1.12. The molecule has 0 saturated heterocycles. The quantitative estimate of drug-likeness (QED) is 0.596. The van der Waals surface area contributed by atoms with Crippen molar-refractivity contribution in [2.24, 2.45) is 11.7 Å².